The van der Waals surface area contributed by atoms with E-state index in [1.165, 1.54) is 4.90 Å². The third kappa shape index (κ3) is 7.15. The van der Waals surface area contributed by atoms with Gasteiger partial charge in [0.1, 0.15) is 11.8 Å². The highest BCUT2D eigenvalue weighted by molar-refractivity contribution is 6.36. The molecular weight excluding hydrogens is 435 g/mol. The van der Waals surface area contributed by atoms with Gasteiger partial charge in [0.25, 0.3) is 5.91 Å². The fourth-order valence-corrected chi connectivity index (χ4v) is 3.59. The summed E-state index contributed by atoms with van der Waals surface area (Å²) in [7, 11) is 0. The maximum absolute atomic E-state index is 13.2. The largest absolute Gasteiger partial charge is 0.484 e. The van der Waals surface area contributed by atoms with Crippen molar-refractivity contribution in [2.45, 2.75) is 59.2 Å². The predicted octanol–water partition coefficient (Wildman–Crippen LogP) is 5.40. The Hall–Kier alpha value is -2.24. The van der Waals surface area contributed by atoms with E-state index in [2.05, 4.69) is 5.32 Å². The minimum atomic E-state index is -0.671. The molecular formula is C24H30Cl2N2O3. The molecule has 0 saturated carbocycles. The van der Waals surface area contributed by atoms with Gasteiger partial charge in [0.15, 0.2) is 6.61 Å². The van der Waals surface area contributed by atoms with Crippen LogP contribution >= 0.6 is 23.2 Å². The van der Waals surface area contributed by atoms with Crippen molar-refractivity contribution in [1.82, 2.24) is 10.2 Å². The molecule has 0 saturated heterocycles. The predicted molar refractivity (Wildman–Crippen MR) is 126 cm³/mol. The molecule has 7 heteroatoms. The van der Waals surface area contributed by atoms with E-state index in [1.807, 2.05) is 52.0 Å². The second kappa shape index (κ2) is 12.0. The SMILES string of the molecule is CC[C@H](C)NC(=O)[C@H](CC)N(Cc1c(Cl)cccc1Cl)C(=O)COc1ccc(C)cc1. The molecule has 31 heavy (non-hydrogen) atoms. The van der Waals surface area contributed by atoms with Gasteiger partial charge in [-0.05, 0) is 51.0 Å². The minimum absolute atomic E-state index is 0.00575. The first kappa shape index (κ1) is 25.0. The van der Waals surface area contributed by atoms with Crippen LogP contribution in [0.1, 0.15) is 44.7 Å². The molecule has 2 rings (SSSR count). The molecule has 2 aromatic carbocycles. The molecule has 0 aliphatic heterocycles. The summed E-state index contributed by atoms with van der Waals surface area (Å²) in [6.07, 6.45) is 1.24. The number of halogens is 2. The van der Waals surface area contributed by atoms with Gasteiger partial charge in [-0.2, -0.15) is 0 Å². The number of amides is 2. The maximum Gasteiger partial charge on any atom is 0.261 e. The molecule has 0 spiro atoms. The Labute approximate surface area is 194 Å². The van der Waals surface area contributed by atoms with Crippen molar-refractivity contribution < 1.29 is 14.3 Å². The second-order valence-electron chi connectivity index (χ2n) is 7.57. The van der Waals surface area contributed by atoms with Crippen molar-refractivity contribution in [2.24, 2.45) is 0 Å². The van der Waals surface area contributed by atoms with Gasteiger partial charge in [-0.3, -0.25) is 9.59 Å². The van der Waals surface area contributed by atoms with Crippen molar-refractivity contribution in [3.8, 4) is 5.75 Å². The van der Waals surface area contributed by atoms with Gasteiger partial charge in [0.05, 0.1) is 0 Å². The van der Waals surface area contributed by atoms with Crippen LogP contribution in [-0.4, -0.2) is 35.4 Å². The van der Waals surface area contributed by atoms with Gasteiger partial charge in [-0.15, -0.1) is 0 Å². The smallest absolute Gasteiger partial charge is 0.261 e. The summed E-state index contributed by atoms with van der Waals surface area (Å²) in [5.41, 5.74) is 1.70. The van der Waals surface area contributed by atoms with Gasteiger partial charge in [0.2, 0.25) is 5.91 Å². The standard InChI is InChI=1S/C24H30Cl2N2O3/c1-5-17(4)27-24(30)22(6-2)28(14-19-20(25)8-7-9-21(19)26)23(29)15-31-18-12-10-16(3)11-13-18/h7-13,17,22H,5-6,14-15H2,1-4H3,(H,27,30)/t17-,22-/m0/s1. The van der Waals surface area contributed by atoms with Crippen LogP contribution in [0, 0.1) is 6.92 Å². The number of rotatable bonds is 10. The molecule has 1 N–H and O–H groups in total. The van der Waals surface area contributed by atoms with Gasteiger partial charge < -0.3 is 15.0 Å². The lowest BCUT2D eigenvalue weighted by Gasteiger charge is -2.31. The summed E-state index contributed by atoms with van der Waals surface area (Å²) in [6, 6.07) is 12.0. The van der Waals surface area contributed by atoms with E-state index >= 15 is 0 Å². The zero-order valence-electron chi connectivity index (χ0n) is 18.5. The average Bonchev–Trinajstić information content (AvgIpc) is 2.74. The summed E-state index contributed by atoms with van der Waals surface area (Å²) in [4.78, 5) is 27.7. The molecule has 0 bridgehead atoms. The zero-order valence-corrected chi connectivity index (χ0v) is 20.0. The first-order valence-electron chi connectivity index (χ1n) is 10.5. The number of ether oxygens (including phenoxy) is 1. The highest BCUT2D eigenvalue weighted by Crippen LogP contribution is 2.27. The number of hydrogen-bond donors (Lipinski definition) is 1. The highest BCUT2D eigenvalue weighted by Gasteiger charge is 2.30. The maximum atomic E-state index is 13.2. The molecule has 5 nitrogen and oxygen atoms in total. The van der Waals surface area contributed by atoms with E-state index in [9.17, 15) is 9.59 Å². The molecule has 0 heterocycles. The van der Waals surface area contributed by atoms with Crippen LogP contribution in [0.5, 0.6) is 5.75 Å². The fourth-order valence-electron chi connectivity index (χ4n) is 3.08. The monoisotopic (exact) mass is 464 g/mol. The van der Waals surface area contributed by atoms with E-state index in [0.717, 1.165) is 12.0 Å². The normalized spacial score (nSPS) is 12.7. The summed E-state index contributed by atoms with van der Waals surface area (Å²) in [5, 5.41) is 3.86. The van der Waals surface area contributed by atoms with Crippen molar-refractivity contribution in [3.63, 3.8) is 0 Å². The quantitative estimate of drug-likeness (QED) is 0.511. The van der Waals surface area contributed by atoms with Crippen molar-refractivity contribution in [3.05, 3.63) is 63.6 Å². The lowest BCUT2D eigenvalue weighted by Crippen LogP contribution is -2.51. The first-order valence-corrected chi connectivity index (χ1v) is 11.2. The van der Waals surface area contributed by atoms with Gasteiger partial charge >= 0.3 is 0 Å². The Morgan fingerprint density at radius 1 is 1.03 bits per heavy atom. The molecule has 0 fully saturated rings. The lowest BCUT2D eigenvalue weighted by molar-refractivity contribution is -0.143. The molecule has 2 amide bonds. The van der Waals surface area contributed by atoms with Crippen LogP contribution in [-0.2, 0) is 16.1 Å². The third-order valence-electron chi connectivity index (χ3n) is 5.16. The van der Waals surface area contributed by atoms with Crippen LogP contribution in [0.15, 0.2) is 42.5 Å². The number of nitrogens with one attached hydrogen (secondary N) is 1. The molecule has 0 aliphatic rings. The van der Waals surface area contributed by atoms with E-state index in [4.69, 9.17) is 27.9 Å². The highest BCUT2D eigenvalue weighted by atomic mass is 35.5. The van der Waals surface area contributed by atoms with Crippen molar-refractivity contribution in [1.29, 1.82) is 0 Å². The van der Waals surface area contributed by atoms with E-state index in [-0.39, 0.29) is 31.0 Å². The Bertz CT molecular complexity index is 867. The van der Waals surface area contributed by atoms with E-state index < -0.39 is 6.04 Å². The Morgan fingerprint density at radius 3 is 2.19 bits per heavy atom. The fraction of sp³-hybridized carbons (Fsp3) is 0.417. The summed E-state index contributed by atoms with van der Waals surface area (Å²) in [6.45, 7) is 7.69. The Balaban J connectivity index is 2.27. The van der Waals surface area contributed by atoms with Gasteiger partial charge in [0, 0.05) is 28.2 Å². The molecule has 168 valence electrons. The number of hydrogen-bond acceptors (Lipinski definition) is 3. The topological polar surface area (TPSA) is 58.6 Å². The zero-order chi connectivity index (χ0) is 23.0. The third-order valence-corrected chi connectivity index (χ3v) is 5.87. The molecule has 0 unspecified atom stereocenters. The van der Waals surface area contributed by atoms with E-state index in [1.54, 1.807) is 18.2 Å². The van der Waals surface area contributed by atoms with Crippen LogP contribution in [0.2, 0.25) is 10.0 Å². The summed E-state index contributed by atoms with van der Waals surface area (Å²) in [5.74, 6) is 0.0678. The Kier molecular flexibility index (Phi) is 9.66. The molecule has 2 aromatic rings. The Morgan fingerprint density at radius 2 is 1.65 bits per heavy atom. The molecule has 0 aliphatic carbocycles. The van der Waals surface area contributed by atoms with Crippen LogP contribution in [0.25, 0.3) is 0 Å². The number of carbonyl (C=O) groups excluding carboxylic acids is 2. The van der Waals surface area contributed by atoms with Gasteiger partial charge in [-0.25, -0.2) is 0 Å². The van der Waals surface area contributed by atoms with Gasteiger partial charge in [-0.1, -0.05) is 60.8 Å². The van der Waals surface area contributed by atoms with Crippen LogP contribution < -0.4 is 10.1 Å². The summed E-state index contributed by atoms with van der Waals surface area (Å²) >= 11 is 12.7. The first-order chi connectivity index (χ1) is 14.8. The number of carbonyl (C=O) groups is 2. The van der Waals surface area contributed by atoms with Crippen molar-refractivity contribution in [2.75, 3.05) is 6.61 Å². The number of benzene rings is 2. The van der Waals surface area contributed by atoms with Crippen LogP contribution in [0.4, 0.5) is 0 Å². The molecule has 0 aromatic heterocycles. The minimum Gasteiger partial charge on any atom is -0.484 e. The van der Waals surface area contributed by atoms with Crippen LogP contribution in [0.3, 0.4) is 0 Å². The average molecular weight is 465 g/mol. The number of aryl methyl sites for hydroxylation is 1. The molecule has 0 radical (unpaired) electrons. The van der Waals surface area contributed by atoms with Crippen molar-refractivity contribution >= 4 is 35.0 Å². The van der Waals surface area contributed by atoms with E-state index in [0.29, 0.717) is 27.8 Å². The second-order valence-corrected chi connectivity index (χ2v) is 8.38. The summed E-state index contributed by atoms with van der Waals surface area (Å²) < 4.78 is 5.69. The lowest BCUT2D eigenvalue weighted by atomic mass is 10.1. The molecule has 2 atom stereocenters. The number of nitrogens with zero attached hydrogens (tertiary/aromatic N) is 1.